The molecule has 0 aliphatic rings. The Morgan fingerprint density at radius 3 is 2.38 bits per heavy atom. The number of alkyl halides is 1. The molecule has 0 bridgehead atoms. The Morgan fingerprint density at radius 2 is 1.92 bits per heavy atom. The number of aromatic nitrogens is 2. The maximum atomic E-state index is 4.31. The first-order valence-corrected chi connectivity index (χ1v) is 5.49. The monoisotopic (exact) mass is 242 g/mol. The van der Waals surface area contributed by atoms with Crippen LogP contribution in [0.2, 0.25) is 0 Å². The Bertz CT molecular complexity index is 258. The van der Waals surface area contributed by atoms with Gasteiger partial charge in [-0.25, -0.2) is 9.97 Å². The van der Waals surface area contributed by atoms with Crippen molar-refractivity contribution in [3.8, 4) is 0 Å². The number of aryl methyl sites for hydroxylation is 1. The van der Waals surface area contributed by atoms with Gasteiger partial charge in [-0.15, -0.1) is 0 Å². The molecule has 13 heavy (non-hydrogen) atoms. The standard InChI is InChI=1S/C10H15BrN2/c1-4-9(11)8(3)10-12-5-7(2)6-13-10/h5-6,8-9H,4H2,1-3H3. The van der Waals surface area contributed by atoms with E-state index in [0.717, 1.165) is 17.8 Å². The highest BCUT2D eigenvalue weighted by Crippen LogP contribution is 2.23. The molecule has 2 atom stereocenters. The molecular formula is C10H15BrN2. The van der Waals surface area contributed by atoms with Gasteiger partial charge in [0, 0.05) is 23.1 Å². The van der Waals surface area contributed by atoms with Crippen molar-refractivity contribution in [1.82, 2.24) is 9.97 Å². The third-order valence-corrected chi connectivity index (χ3v) is 3.58. The fourth-order valence-electron chi connectivity index (χ4n) is 1.15. The highest BCUT2D eigenvalue weighted by molar-refractivity contribution is 9.09. The Hall–Kier alpha value is -0.440. The van der Waals surface area contributed by atoms with Crippen LogP contribution in [0.5, 0.6) is 0 Å². The normalized spacial score (nSPS) is 15.4. The number of rotatable bonds is 3. The van der Waals surface area contributed by atoms with E-state index in [2.05, 4.69) is 39.7 Å². The molecule has 1 rings (SSSR count). The van der Waals surface area contributed by atoms with Gasteiger partial charge in [-0.2, -0.15) is 0 Å². The molecule has 0 saturated carbocycles. The van der Waals surface area contributed by atoms with Crippen molar-refractivity contribution < 1.29 is 0 Å². The van der Waals surface area contributed by atoms with Gasteiger partial charge in [0.1, 0.15) is 5.82 Å². The van der Waals surface area contributed by atoms with Crippen LogP contribution in [0.1, 0.15) is 37.6 Å². The zero-order valence-corrected chi connectivity index (χ0v) is 9.87. The van der Waals surface area contributed by atoms with Crippen molar-refractivity contribution >= 4 is 15.9 Å². The van der Waals surface area contributed by atoms with Gasteiger partial charge >= 0.3 is 0 Å². The number of halogens is 1. The molecule has 0 aliphatic carbocycles. The topological polar surface area (TPSA) is 25.8 Å². The van der Waals surface area contributed by atoms with E-state index < -0.39 is 0 Å². The molecule has 0 saturated heterocycles. The molecule has 0 radical (unpaired) electrons. The number of hydrogen-bond donors (Lipinski definition) is 0. The molecule has 72 valence electrons. The van der Waals surface area contributed by atoms with Gasteiger partial charge in [0.15, 0.2) is 0 Å². The number of nitrogens with zero attached hydrogens (tertiary/aromatic N) is 2. The lowest BCUT2D eigenvalue weighted by Crippen LogP contribution is -2.11. The zero-order chi connectivity index (χ0) is 9.84. The summed E-state index contributed by atoms with van der Waals surface area (Å²) in [6, 6.07) is 0. The fourth-order valence-corrected chi connectivity index (χ4v) is 1.39. The third kappa shape index (κ3) is 2.76. The molecule has 2 unspecified atom stereocenters. The Kier molecular flexibility index (Phi) is 3.85. The molecule has 1 heterocycles. The largest absolute Gasteiger partial charge is 0.241 e. The predicted molar refractivity (Wildman–Crippen MR) is 58.2 cm³/mol. The summed E-state index contributed by atoms with van der Waals surface area (Å²) in [5, 5.41) is 0. The SMILES string of the molecule is CCC(Br)C(C)c1ncc(C)cn1. The molecule has 0 aromatic carbocycles. The minimum absolute atomic E-state index is 0.380. The summed E-state index contributed by atoms with van der Waals surface area (Å²) in [6.45, 7) is 6.30. The summed E-state index contributed by atoms with van der Waals surface area (Å²) >= 11 is 3.62. The Morgan fingerprint density at radius 1 is 1.38 bits per heavy atom. The summed E-state index contributed by atoms with van der Waals surface area (Å²) in [5.74, 6) is 1.31. The molecule has 0 aliphatic heterocycles. The van der Waals surface area contributed by atoms with Crippen LogP contribution < -0.4 is 0 Å². The van der Waals surface area contributed by atoms with E-state index >= 15 is 0 Å². The lowest BCUT2D eigenvalue weighted by atomic mass is 10.1. The molecule has 3 heteroatoms. The molecule has 1 aromatic heterocycles. The van der Waals surface area contributed by atoms with Crippen molar-refractivity contribution in [3.05, 3.63) is 23.8 Å². The minimum atomic E-state index is 0.380. The van der Waals surface area contributed by atoms with E-state index in [0.29, 0.717) is 10.7 Å². The first-order valence-electron chi connectivity index (χ1n) is 4.57. The summed E-state index contributed by atoms with van der Waals surface area (Å²) in [7, 11) is 0. The van der Waals surface area contributed by atoms with Crippen LogP contribution >= 0.6 is 15.9 Å². The maximum absolute atomic E-state index is 4.31. The minimum Gasteiger partial charge on any atom is -0.241 e. The van der Waals surface area contributed by atoms with Gasteiger partial charge in [-0.3, -0.25) is 0 Å². The van der Waals surface area contributed by atoms with Gasteiger partial charge in [0.2, 0.25) is 0 Å². The maximum Gasteiger partial charge on any atom is 0.132 e. The van der Waals surface area contributed by atoms with Gasteiger partial charge < -0.3 is 0 Å². The van der Waals surface area contributed by atoms with Gasteiger partial charge in [0.05, 0.1) is 0 Å². The molecule has 1 aromatic rings. The Labute approximate surface area is 87.9 Å². The first kappa shape index (κ1) is 10.6. The van der Waals surface area contributed by atoms with Crippen LogP contribution in [0.4, 0.5) is 0 Å². The van der Waals surface area contributed by atoms with E-state index in [-0.39, 0.29) is 0 Å². The average molecular weight is 243 g/mol. The zero-order valence-electron chi connectivity index (χ0n) is 8.29. The van der Waals surface area contributed by atoms with Crippen molar-refractivity contribution in [1.29, 1.82) is 0 Å². The second-order valence-corrected chi connectivity index (χ2v) is 4.51. The number of hydrogen-bond acceptors (Lipinski definition) is 2. The molecule has 2 nitrogen and oxygen atoms in total. The summed E-state index contributed by atoms with van der Waals surface area (Å²) < 4.78 is 0. The summed E-state index contributed by atoms with van der Waals surface area (Å²) in [5.41, 5.74) is 1.11. The highest BCUT2D eigenvalue weighted by atomic mass is 79.9. The van der Waals surface area contributed by atoms with E-state index in [4.69, 9.17) is 0 Å². The van der Waals surface area contributed by atoms with Crippen LogP contribution in [0, 0.1) is 6.92 Å². The van der Waals surface area contributed by atoms with E-state index in [9.17, 15) is 0 Å². The van der Waals surface area contributed by atoms with E-state index in [1.165, 1.54) is 0 Å². The summed E-state index contributed by atoms with van der Waals surface area (Å²) in [4.78, 5) is 9.08. The van der Waals surface area contributed by atoms with Crippen molar-refractivity contribution in [2.24, 2.45) is 0 Å². The molecule has 0 spiro atoms. The average Bonchev–Trinajstić information content (AvgIpc) is 2.17. The van der Waals surface area contributed by atoms with Gasteiger partial charge in [-0.1, -0.05) is 29.8 Å². The third-order valence-electron chi connectivity index (χ3n) is 2.14. The first-order chi connectivity index (χ1) is 6.15. The lowest BCUT2D eigenvalue weighted by Gasteiger charge is -2.14. The second kappa shape index (κ2) is 4.70. The molecule has 0 amide bonds. The van der Waals surface area contributed by atoms with E-state index in [1.54, 1.807) is 0 Å². The van der Waals surface area contributed by atoms with Crippen molar-refractivity contribution in [2.75, 3.05) is 0 Å². The van der Waals surface area contributed by atoms with Crippen LogP contribution in [0.15, 0.2) is 12.4 Å². The van der Waals surface area contributed by atoms with Gasteiger partial charge in [0.25, 0.3) is 0 Å². The van der Waals surface area contributed by atoms with Crippen molar-refractivity contribution in [3.63, 3.8) is 0 Å². The van der Waals surface area contributed by atoms with Crippen LogP contribution in [-0.2, 0) is 0 Å². The fraction of sp³-hybridized carbons (Fsp3) is 0.600. The summed E-state index contributed by atoms with van der Waals surface area (Å²) in [6.07, 6.45) is 4.83. The Balaban J connectivity index is 2.77. The molecule has 0 fully saturated rings. The van der Waals surface area contributed by atoms with Crippen LogP contribution in [-0.4, -0.2) is 14.8 Å². The molecular weight excluding hydrogens is 228 g/mol. The second-order valence-electron chi connectivity index (χ2n) is 3.33. The van der Waals surface area contributed by atoms with Crippen LogP contribution in [0.25, 0.3) is 0 Å². The smallest absolute Gasteiger partial charge is 0.132 e. The lowest BCUT2D eigenvalue weighted by molar-refractivity contribution is 0.650. The van der Waals surface area contributed by atoms with Gasteiger partial charge in [-0.05, 0) is 18.9 Å². The quantitative estimate of drug-likeness (QED) is 0.762. The van der Waals surface area contributed by atoms with Crippen molar-refractivity contribution in [2.45, 2.75) is 37.9 Å². The predicted octanol–water partition coefficient (Wildman–Crippen LogP) is 3.06. The highest BCUT2D eigenvalue weighted by Gasteiger charge is 2.16. The van der Waals surface area contributed by atoms with Crippen LogP contribution in [0.3, 0.4) is 0 Å². The van der Waals surface area contributed by atoms with E-state index in [1.807, 2.05) is 19.3 Å². The molecule has 0 N–H and O–H groups in total.